The number of aromatic nitrogens is 3. The third kappa shape index (κ3) is 5.77. The molecule has 1 aliphatic heterocycles. The molecule has 2 atom stereocenters. The van der Waals surface area contributed by atoms with E-state index in [4.69, 9.17) is 0 Å². The quantitative estimate of drug-likeness (QED) is 0.303. The van der Waals surface area contributed by atoms with Crippen LogP contribution in [0.1, 0.15) is 28.5 Å². The molecule has 0 spiro atoms. The van der Waals surface area contributed by atoms with Crippen LogP contribution in [-0.4, -0.2) is 69.7 Å². The van der Waals surface area contributed by atoms with Gasteiger partial charge in [-0.25, -0.2) is 26.8 Å². The molecule has 3 heterocycles. The Hall–Kier alpha value is -4.92. The maximum absolute atomic E-state index is 15.2. The Morgan fingerprint density at radius 3 is 2.41 bits per heavy atom. The SMILES string of the molecule is Cc1c(-c2ccc(C[C@H](NC(=O)c3c(F)cc(N4CCS(=O)(=O)[C@@H](C)C4)cc3F)C(=O)O)c3cccnc23)c(=O)n(C)c(=O)n1C. The van der Waals surface area contributed by atoms with Crippen LogP contribution in [0.15, 0.2) is 52.2 Å². The van der Waals surface area contributed by atoms with E-state index in [0.29, 0.717) is 27.7 Å². The number of carbonyl (C=O) groups is 2. The van der Waals surface area contributed by atoms with E-state index in [0.717, 1.165) is 16.7 Å². The Balaban J connectivity index is 1.45. The summed E-state index contributed by atoms with van der Waals surface area (Å²) >= 11 is 0. The highest BCUT2D eigenvalue weighted by atomic mass is 32.2. The average molecular weight is 656 g/mol. The van der Waals surface area contributed by atoms with Gasteiger partial charge in [0.05, 0.1) is 22.1 Å². The number of benzene rings is 2. The molecular weight excluding hydrogens is 624 g/mol. The van der Waals surface area contributed by atoms with E-state index in [1.807, 2.05) is 0 Å². The van der Waals surface area contributed by atoms with Crippen molar-refractivity contribution in [2.45, 2.75) is 31.6 Å². The second-order valence-corrected chi connectivity index (χ2v) is 13.9. The number of hydrogen-bond acceptors (Lipinski definition) is 8. The van der Waals surface area contributed by atoms with Crippen LogP contribution in [0.5, 0.6) is 0 Å². The first-order valence-corrected chi connectivity index (χ1v) is 16.0. The predicted octanol–water partition coefficient (Wildman–Crippen LogP) is 1.93. The Morgan fingerprint density at radius 1 is 1.11 bits per heavy atom. The van der Waals surface area contributed by atoms with Crippen LogP contribution in [-0.2, 0) is 35.1 Å². The van der Waals surface area contributed by atoms with Crippen molar-refractivity contribution in [2.75, 3.05) is 23.7 Å². The van der Waals surface area contributed by atoms with Gasteiger partial charge in [-0.3, -0.25) is 19.1 Å². The molecule has 0 aliphatic carbocycles. The van der Waals surface area contributed by atoms with Gasteiger partial charge in [-0.1, -0.05) is 18.2 Å². The summed E-state index contributed by atoms with van der Waals surface area (Å²) in [7, 11) is -0.420. The molecule has 0 bridgehead atoms. The molecule has 12 nitrogen and oxygen atoms in total. The lowest BCUT2D eigenvalue weighted by Gasteiger charge is -2.32. The van der Waals surface area contributed by atoms with Gasteiger partial charge in [0.15, 0.2) is 9.84 Å². The molecule has 4 aromatic rings. The minimum Gasteiger partial charge on any atom is -0.480 e. The Morgan fingerprint density at radius 2 is 1.78 bits per heavy atom. The Labute approximate surface area is 261 Å². The first-order chi connectivity index (χ1) is 21.6. The van der Waals surface area contributed by atoms with Crippen LogP contribution in [0.4, 0.5) is 14.5 Å². The monoisotopic (exact) mass is 655 g/mol. The second-order valence-electron chi connectivity index (χ2n) is 11.3. The molecule has 2 N–H and O–H groups in total. The molecule has 2 aromatic carbocycles. The van der Waals surface area contributed by atoms with Crippen LogP contribution in [0.2, 0.25) is 0 Å². The maximum atomic E-state index is 15.2. The lowest BCUT2D eigenvalue weighted by molar-refractivity contribution is -0.139. The summed E-state index contributed by atoms with van der Waals surface area (Å²) in [4.78, 5) is 56.8. The summed E-state index contributed by atoms with van der Waals surface area (Å²) in [5.41, 5.74) is -0.136. The fourth-order valence-corrected chi connectivity index (χ4v) is 6.95. The number of sulfone groups is 1. The molecule has 46 heavy (non-hydrogen) atoms. The summed E-state index contributed by atoms with van der Waals surface area (Å²) < 4.78 is 56.7. The summed E-state index contributed by atoms with van der Waals surface area (Å²) in [6, 6.07) is 6.64. The van der Waals surface area contributed by atoms with Gasteiger partial charge < -0.3 is 19.9 Å². The van der Waals surface area contributed by atoms with Crippen molar-refractivity contribution in [3.8, 4) is 11.1 Å². The van der Waals surface area contributed by atoms with Gasteiger partial charge in [0.2, 0.25) is 0 Å². The summed E-state index contributed by atoms with van der Waals surface area (Å²) in [5.74, 6) is -5.39. The number of carboxylic acids is 1. The number of nitrogens with zero attached hydrogens (tertiary/aromatic N) is 4. The lowest BCUT2D eigenvalue weighted by Crippen LogP contribution is -2.45. The van der Waals surface area contributed by atoms with E-state index < -0.39 is 61.5 Å². The van der Waals surface area contributed by atoms with E-state index in [2.05, 4.69) is 10.3 Å². The number of nitrogens with one attached hydrogen (secondary N) is 1. The second kappa shape index (κ2) is 12.1. The zero-order valence-corrected chi connectivity index (χ0v) is 26.2. The summed E-state index contributed by atoms with van der Waals surface area (Å²) in [6.07, 6.45) is 1.20. The van der Waals surface area contributed by atoms with Crippen molar-refractivity contribution in [1.29, 1.82) is 0 Å². The number of anilines is 1. The molecule has 0 saturated carbocycles. The fraction of sp³-hybridized carbons (Fsp3) is 0.323. The largest absolute Gasteiger partial charge is 0.480 e. The van der Waals surface area contributed by atoms with Crippen LogP contribution in [0.25, 0.3) is 22.0 Å². The fourth-order valence-electron chi connectivity index (χ4n) is 5.67. The zero-order valence-electron chi connectivity index (χ0n) is 25.4. The van der Waals surface area contributed by atoms with Gasteiger partial charge in [-0.05, 0) is 37.6 Å². The minimum atomic E-state index is -3.31. The van der Waals surface area contributed by atoms with Crippen molar-refractivity contribution in [3.05, 3.63) is 91.9 Å². The number of pyridine rings is 1. The van der Waals surface area contributed by atoms with Gasteiger partial charge in [0, 0.05) is 62.1 Å². The highest BCUT2D eigenvalue weighted by molar-refractivity contribution is 7.92. The number of amides is 1. The third-order valence-corrected chi connectivity index (χ3v) is 10.6. The molecule has 5 rings (SSSR count). The van der Waals surface area contributed by atoms with Gasteiger partial charge in [0.25, 0.3) is 11.5 Å². The number of halogens is 2. The number of hydrogen-bond donors (Lipinski definition) is 2. The predicted molar refractivity (Wildman–Crippen MR) is 167 cm³/mol. The number of fused-ring (bicyclic) bond motifs is 1. The smallest absolute Gasteiger partial charge is 0.330 e. The summed E-state index contributed by atoms with van der Waals surface area (Å²) in [5, 5.41) is 11.9. The van der Waals surface area contributed by atoms with Crippen molar-refractivity contribution < 1.29 is 31.9 Å². The summed E-state index contributed by atoms with van der Waals surface area (Å²) in [6.45, 7) is 3.17. The third-order valence-electron chi connectivity index (χ3n) is 8.47. The molecule has 2 aromatic heterocycles. The highest BCUT2D eigenvalue weighted by Crippen LogP contribution is 2.30. The first-order valence-electron chi connectivity index (χ1n) is 14.2. The maximum Gasteiger partial charge on any atom is 0.330 e. The highest BCUT2D eigenvalue weighted by Gasteiger charge is 2.32. The molecule has 1 amide bonds. The molecule has 1 saturated heterocycles. The van der Waals surface area contributed by atoms with Crippen molar-refractivity contribution >= 4 is 38.3 Å². The van der Waals surface area contributed by atoms with E-state index in [-0.39, 0.29) is 36.5 Å². The van der Waals surface area contributed by atoms with Gasteiger partial charge in [-0.15, -0.1) is 0 Å². The first kappa shape index (κ1) is 32.5. The minimum absolute atomic E-state index is 0.0198. The van der Waals surface area contributed by atoms with Gasteiger partial charge in [0.1, 0.15) is 23.2 Å². The zero-order chi connectivity index (χ0) is 33.7. The molecule has 0 unspecified atom stereocenters. The molecule has 1 aliphatic rings. The standard InChI is InChI=1S/C31H31F2N5O7S/c1-16-15-38(10-11-46(16,44)45)19-13-22(32)26(23(33)14-19)28(39)35-24(30(41)42)12-18-7-8-21(27-20(18)6-5-9-34-27)25-17(2)36(3)31(43)37(4)29(25)40/h5-9,13-14,16,24H,10-12,15H2,1-4H3,(H,35,39)(H,41,42)/t16-,24-/m0/s1. The molecule has 1 fully saturated rings. The normalized spacial score (nSPS) is 16.7. The Kier molecular flexibility index (Phi) is 8.55. The number of carboxylic acid groups (broad SMARTS) is 1. The number of rotatable bonds is 7. The van der Waals surface area contributed by atoms with Gasteiger partial charge in [-0.2, -0.15) is 0 Å². The van der Waals surface area contributed by atoms with E-state index in [1.165, 1.54) is 36.7 Å². The van der Waals surface area contributed by atoms with Crippen molar-refractivity contribution in [1.82, 2.24) is 19.4 Å². The van der Waals surface area contributed by atoms with E-state index in [9.17, 15) is 32.7 Å². The van der Waals surface area contributed by atoms with Gasteiger partial charge >= 0.3 is 11.7 Å². The van der Waals surface area contributed by atoms with Crippen LogP contribution in [0.3, 0.4) is 0 Å². The molecular formula is C31H31F2N5O7S. The van der Waals surface area contributed by atoms with Crippen LogP contribution in [0, 0.1) is 18.6 Å². The number of carbonyl (C=O) groups excluding carboxylic acids is 1. The van der Waals surface area contributed by atoms with E-state index in [1.54, 1.807) is 31.2 Å². The number of aliphatic carboxylic acids is 1. The average Bonchev–Trinajstić information content (AvgIpc) is 3.00. The Bertz CT molecular complexity index is 2120. The molecule has 0 radical (unpaired) electrons. The van der Waals surface area contributed by atoms with Crippen LogP contribution >= 0.6 is 0 Å². The van der Waals surface area contributed by atoms with Crippen molar-refractivity contribution in [3.63, 3.8) is 0 Å². The van der Waals surface area contributed by atoms with E-state index >= 15 is 8.78 Å². The lowest BCUT2D eigenvalue weighted by atomic mass is 9.95. The molecule has 242 valence electrons. The van der Waals surface area contributed by atoms with Crippen LogP contribution < -0.4 is 21.5 Å². The van der Waals surface area contributed by atoms with Crippen molar-refractivity contribution in [2.24, 2.45) is 14.1 Å². The molecule has 15 heteroatoms. The topological polar surface area (TPSA) is 161 Å².